The van der Waals surface area contributed by atoms with Crippen LogP contribution in [-0.2, 0) is 14.0 Å². The molecule has 2 rings (SSSR count). The van der Waals surface area contributed by atoms with E-state index < -0.39 is 31.7 Å². The maximum Gasteiger partial charge on any atom is 0.328 e. The average molecular weight is 660 g/mol. The molecular weight excluding hydrogens is 610 g/mol. The predicted molar refractivity (Wildman–Crippen MR) is 184 cm³/mol. The number of halogens is 1. The standard InChI is InChI=1S/C34H50FN3O5SSi/c1-21(2)45(22(3)4,23(5)6)42-15-14-41-30-18-26(40-10)17-28(31(30)35)29(20-44-11)38-25-13-12-24(19-36)27(16-25)32(37)33(39)43-34(7,8)9/h12-13,16-18,21-23,32H,14-15,20,37H2,1-11H3. The Bertz CT molecular complexity index is 1360. The van der Waals surface area contributed by atoms with Gasteiger partial charge in [-0.3, -0.25) is 4.99 Å². The van der Waals surface area contributed by atoms with E-state index in [4.69, 9.17) is 29.4 Å². The van der Waals surface area contributed by atoms with Crippen LogP contribution in [0.4, 0.5) is 10.1 Å². The number of ether oxygens (including phenoxy) is 3. The summed E-state index contributed by atoms with van der Waals surface area (Å²) in [6, 6.07) is 8.72. The number of benzene rings is 2. The maximum absolute atomic E-state index is 16.1. The summed E-state index contributed by atoms with van der Waals surface area (Å²) in [7, 11) is -0.589. The second-order valence-corrected chi connectivity index (χ2v) is 19.2. The molecule has 0 aromatic heterocycles. The number of nitrogens with zero attached hydrogens (tertiary/aromatic N) is 2. The summed E-state index contributed by atoms with van der Waals surface area (Å²) >= 11 is 1.47. The second-order valence-electron chi connectivity index (χ2n) is 12.9. The van der Waals surface area contributed by atoms with E-state index in [2.05, 4.69) is 47.6 Å². The Labute approximate surface area is 274 Å². The molecule has 45 heavy (non-hydrogen) atoms. The number of nitriles is 1. The molecule has 2 N–H and O–H groups in total. The van der Waals surface area contributed by atoms with Gasteiger partial charge in [-0.1, -0.05) is 41.5 Å². The van der Waals surface area contributed by atoms with Crippen LogP contribution < -0.4 is 15.2 Å². The van der Waals surface area contributed by atoms with Crippen molar-refractivity contribution in [3.63, 3.8) is 0 Å². The van der Waals surface area contributed by atoms with Gasteiger partial charge in [-0.25, -0.2) is 9.18 Å². The normalized spacial score (nSPS) is 13.3. The molecule has 0 saturated heterocycles. The number of rotatable bonds is 15. The first kappa shape index (κ1) is 38.3. The molecule has 8 nitrogen and oxygen atoms in total. The molecule has 0 aliphatic rings. The topological polar surface area (TPSA) is 116 Å². The van der Waals surface area contributed by atoms with Crippen LogP contribution in [0.15, 0.2) is 35.3 Å². The minimum Gasteiger partial charge on any atom is -0.497 e. The molecule has 0 fully saturated rings. The first-order valence-corrected chi connectivity index (χ1v) is 18.8. The van der Waals surface area contributed by atoms with Gasteiger partial charge in [-0.05, 0) is 73.5 Å². The molecule has 248 valence electrons. The van der Waals surface area contributed by atoms with E-state index in [1.165, 1.54) is 24.9 Å². The third kappa shape index (κ3) is 9.79. The lowest BCUT2D eigenvalue weighted by molar-refractivity contribution is -0.156. The van der Waals surface area contributed by atoms with Crippen LogP contribution in [-0.4, -0.2) is 57.9 Å². The fourth-order valence-electron chi connectivity index (χ4n) is 5.81. The number of nitrogens with two attached hydrogens (primary N) is 1. The minimum atomic E-state index is -2.10. The van der Waals surface area contributed by atoms with Crippen LogP contribution in [0.25, 0.3) is 0 Å². The van der Waals surface area contributed by atoms with Gasteiger partial charge in [0.25, 0.3) is 0 Å². The molecule has 2 aromatic carbocycles. The highest BCUT2D eigenvalue weighted by Gasteiger charge is 2.44. The summed E-state index contributed by atoms with van der Waals surface area (Å²) in [6.45, 7) is 19.1. The minimum absolute atomic E-state index is 0.0418. The van der Waals surface area contributed by atoms with Crippen LogP contribution in [0.2, 0.25) is 16.6 Å². The monoisotopic (exact) mass is 659 g/mol. The van der Waals surface area contributed by atoms with Gasteiger partial charge in [-0.15, -0.1) is 0 Å². The number of hydrogen-bond donors (Lipinski definition) is 1. The van der Waals surface area contributed by atoms with E-state index >= 15 is 4.39 Å². The van der Waals surface area contributed by atoms with Crippen LogP contribution in [0.3, 0.4) is 0 Å². The van der Waals surface area contributed by atoms with Gasteiger partial charge >= 0.3 is 5.97 Å². The molecule has 0 aliphatic carbocycles. The Morgan fingerprint density at radius 2 is 1.69 bits per heavy atom. The van der Waals surface area contributed by atoms with Gasteiger partial charge < -0.3 is 24.4 Å². The molecule has 1 atom stereocenters. The molecule has 0 radical (unpaired) electrons. The highest BCUT2D eigenvalue weighted by molar-refractivity contribution is 7.99. The van der Waals surface area contributed by atoms with Crippen LogP contribution in [0.5, 0.6) is 11.5 Å². The van der Waals surface area contributed by atoms with Crippen molar-refractivity contribution < 1.29 is 27.8 Å². The zero-order valence-electron chi connectivity index (χ0n) is 28.6. The fraction of sp³-hybridized carbons (Fsp3) is 0.559. The van der Waals surface area contributed by atoms with Crippen molar-refractivity contribution in [1.29, 1.82) is 5.26 Å². The molecule has 0 amide bonds. The van der Waals surface area contributed by atoms with Crippen LogP contribution in [0, 0.1) is 17.1 Å². The van der Waals surface area contributed by atoms with Crippen LogP contribution in [0.1, 0.15) is 85.0 Å². The summed E-state index contributed by atoms with van der Waals surface area (Å²) in [5, 5.41) is 9.67. The number of methoxy groups -OCH3 is 1. The van der Waals surface area contributed by atoms with Gasteiger partial charge in [0, 0.05) is 17.4 Å². The van der Waals surface area contributed by atoms with E-state index in [0.29, 0.717) is 46.1 Å². The third-order valence-corrected chi connectivity index (χ3v) is 14.3. The lowest BCUT2D eigenvalue weighted by Gasteiger charge is -2.42. The predicted octanol–water partition coefficient (Wildman–Crippen LogP) is 8.10. The zero-order chi connectivity index (χ0) is 34.1. The SMILES string of the molecule is COc1cc(OCCO[Si](C(C)C)(C(C)C)C(C)C)c(F)c(C(CSC)=Nc2ccc(C#N)c(C(N)C(=O)OC(C)(C)C)c2)c1. The van der Waals surface area contributed by atoms with Crippen molar-refractivity contribution in [3.8, 4) is 17.6 Å². The summed E-state index contributed by atoms with van der Waals surface area (Å²) in [6.07, 6.45) is 1.89. The van der Waals surface area contributed by atoms with Crippen molar-refractivity contribution in [3.05, 3.63) is 52.8 Å². The highest BCUT2D eigenvalue weighted by atomic mass is 32.2. The first-order chi connectivity index (χ1) is 21.0. The quantitative estimate of drug-likeness (QED) is 0.0883. The van der Waals surface area contributed by atoms with Crippen molar-refractivity contribution in [2.45, 2.75) is 90.6 Å². The Balaban J connectivity index is 2.47. The van der Waals surface area contributed by atoms with E-state index in [0.717, 1.165) is 0 Å². The molecule has 0 bridgehead atoms. The average Bonchev–Trinajstić information content (AvgIpc) is 2.95. The maximum atomic E-state index is 16.1. The van der Waals surface area contributed by atoms with E-state index in [1.54, 1.807) is 45.0 Å². The molecule has 0 aliphatic heterocycles. The summed E-state index contributed by atoms with van der Waals surface area (Å²) < 4.78 is 39.5. The highest BCUT2D eigenvalue weighted by Crippen LogP contribution is 2.42. The van der Waals surface area contributed by atoms with E-state index in [9.17, 15) is 10.1 Å². The molecule has 0 saturated carbocycles. The Kier molecular flexibility index (Phi) is 14.1. The number of aliphatic imine (C=N–C) groups is 1. The number of thioether (sulfide) groups is 1. The van der Waals surface area contributed by atoms with Gasteiger partial charge in [0.05, 0.1) is 36.7 Å². The Morgan fingerprint density at radius 1 is 1.07 bits per heavy atom. The second kappa shape index (κ2) is 16.6. The lowest BCUT2D eigenvalue weighted by atomic mass is 10.0. The molecule has 11 heteroatoms. The van der Waals surface area contributed by atoms with Gasteiger partial charge in [0.15, 0.2) is 19.9 Å². The summed E-state index contributed by atoms with van der Waals surface area (Å²) in [5.41, 5.74) is 8.29. The number of hydrogen-bond acceptors (Lipinski definition) is 9. The lowest BCUT2D eigenvalue weighted by Crippen LogP contribution is -2.48. The largest absolute Gasteiger partial charge is 0.497 e. The van der Waals surface area contributed by atoms with E-state index in [1.807, 2.05) is 6.26 Å². The van der Waals surface area contributed by atoms with Gasteiger partial charge in [0.1, 0.15) is 24.0 Å². The Morgan fingerprint density at radius 3 is 2.20 bits per heavy atom. The van der Waals surface area contributed by atoms with Crippen molar-refractivity contribution >= 4 is 37.4 Å². The molecule has 0 spiro atoms. The molecule has 0 heterocycles. The first-order valence-electron chi connectivity index (χ1n) is 15.3. The van der Waals surface area contributed by atoms with Crippen LogP contribution >= 0.6 is 11.8 Å². The van der Waals surface area contributed by atoms with Gasteiger partial charge in [-0.2, -0.15) is 17.0 Å². The van der Waals surface area contributed by atoms with Crippen molar-refractivity contribution in [2.24, 2.45) is 10.7 Å². The fourth-order valence-corrected chi connectivity index (χ4v) is 11.7. The van der Waals surface area contributed by atoms with Crippen molar-refractivity contribution in [1.82, 2.24) is 0 Å². The number of esters is 1. The number of carbonyl (C=O) groups excluding carboxylic acids is 1. The molecular formula is C34H50FN3O5SSi. The third-order valence-electron chi connectivity index (χ3n) is 7.66. The molecule has 1 unspecified atom stereocenters. The number of carbonyl (C=O) groups is 1. The summed E-state index contributed by atoms with van der Waals surface area (Å²) in [4.78, 5) is 17.5. The zero-order valence-corrected chi connectivity index (χ0v) is 30.4. The molecule has 2 aromatic rings. The summed E-state index contributed by atoms with van der Waals surface area (Å²) in [5.74, 6) is -0.406. The van der Waals surface area contributed by atoms with Crippen molar-refractivity contribution in [2.75, 3.05) is 32.3 Å². The Hall–Kier alpha value is -2.91. The smallest absolute Gasteiger partial charge is 0.328 e. The van der Waals surface area contributed by atoms with E-state index in [-0.39, 0.29) is 29.0 Å². The van der Waals surface area contributed by atoms with Gasteiger partial charge in [0.2, 0.25) is 0 Å².